The van der Waals surface area contributed by atoms with E-state index in [1.807, 2.05) is 20.8 Å². The minimum atomic E-state index is -0.434. The zero-order chi connectivity index (χ0) is 15.5. The predicted octanol–water partition coefficient (Wildman–Crippen LogP) is 1.07. The van der Waals surface area contributed by atoms with Gasteiger partial charge in [-0.25, -0.2) is 4.79 Å². The second-order valence-corrected chi connectivity index (χ2v) is 6.97. The molecule has 0 saturated carbocycles. The second-order valence-electron chi connectivity index (χ2n) is 6.97. The molecule has 1 unspecified atom stereocenters. The molecule has 2 aliphatic heterocycles. The lowest BCUT2D eigenvalue weighted by Crippen LogP contribution is -2.50. The standard InChI is InChI=1S/C15H27N3O3/c1-15(2,3)21-14(20)18-8-6-17(7-9-18)5-4-12-10-13(19)16-11-12/h12H,4-11H2,1-3H3,(H,16,19). The molecule has 2 aliphatic rings. The van der Waals surface area contributed by atoms with E-state index in [0.29, 0.717) is 12.3 Å². The van der Waals surface area contributed by atoms with E-state index in [1.165, 1.54) is 0 Å². The number of hydrogen-bond acceptors (Lipinski definition) is 4. The molecule has 1 N–H and O–H groups in total. The largest absolute Gasteiger partial charge is 0.444 e. The molecule has 120 valence electrons. The number of carbonyl (C=O) groups excluding carboxylic acids is 2. The number of piperazine rings is 1. The van der Waals surface area contributed by atoms with E-state index in [2.05, 4.69) is 10.2 Å². The molecule has 1 atom stereocenters. The lowest BCUT2D eigenvalue weighted by atomic mass is 10.0. The number of nitrogens with one attached hydrogen (secondary N) is 1. The zero-order valence-corrected chi connectivity index (χ0v) is 13.4. The summed E-state index contributed by atoms with van der Waals surface area (Å²) in [5.74, 6) is 0.649. The number of carbonyl (C=O) groups is 2. The molecule has 6 nitrogen and oxygen atoms in total. The van der Waals surface area contributed by atoms with Crippen LogP contribution in [0.2, 0.25) is 0 Å². The van der Waals surface area contributed by atoms with E-state index in [1.54, 1.807) is 4.90 Å². The van der Waals surface area contributed by atoms with Gasteiger partial charge >= 0.3 is 6.09 Å². The van der Waals surface area contributed by atoms with Gasteiger partial charge in [-0.15, -0.1) is 0 Å². The molecule has 0 spiro atoms. The van der Waals surface area contributed by atoms with Crippen LogP contribution in [0.4, 0.5) is 4.79 Å². The van der Waals surface area contributed by atoms with Crippen molar-refractivity contribution in [2.24, 2.45) is 5.92 Å². The molecule has 0 aromatic carbocycles. The first-order valence-electron chi connectivity index (χ1n) is 7.80. The number of ether oxygens (including phenoxy) is 1. The summed E-state index contributed by atoms with van der Waals surface area (Å²) in [5, 5.41) is 2.87. The Morgan fingerprint density at radius 2 is 1.95 bits per heavy atom. The Morgan fingerprint density at radius 3 is 2.48 bits per heavy atom. The van der Waals surface area contributed by atoms with E-state index < -0.39 is 5.60 Å². The number of amides is 2. The summed E-state index contributed by atoms with van der Waals surface area (Å²) >= 11 is 0. The molecule has 2 rings (SSSR count). The fourth-order valence-corrected chi connectivity index (χ4v) is 2.71. The summed E-state index contributed by atoms with van der Waals surface area (Å²) in [4.78, 5) is 27.3. The third-order valence-corrected chi connectivity index (χ3v) is 3.94. The van der Waals surface area contributed by atoms with Gasteiger partial charge in [-0.05, 0) is 39.7 Å². The van der Waals surface area contributed by atoms with Crippen molar-refractivity contribution in [2.45, 2.75) is 39.2 Å². The average Bonchev–Trinajstić information content (AvgIpc) is 2.81. The van der Waals surface area contributed by atoms with Gasteiger partial charge in [0.25, 0.3) is 0 Å². The molecular weight excluding hydrogens is 270 g/mol. The molecule has 2 heterocycles. The highest BCUT2D eigenvalue weighted by atomic mass is 16.6. The Morgan fingerprint density at radius 1 is 1.29 bits per heavy atom. The van der Waals surface area contributed by atoms with E-state index in [4.69, 9.17) is 4.74 Å². The SMILES string of the molecule is CC(C)(C)OC(=O)N1CCN(CCC2CNC(=O)C2)CC1. The highest BCUT2D eigenvalue weighted by Gasteiger charge is 2.27. The van der Waals surface area contributed by atoms with Crippen LogP contribution < -0.4 is 5.32 Å². The van der Waals surface area contributed by atoms with Crippen molar-refractivity contribution in [1.29, 1.82) is 0 Å². The minimum Gasteiger partial charge on any atom is -0.444 e. The van der Waals surface area contributed by atoms with Gasteiger partial charge in [-0.3, -0.25) is 9.69 Å². The molecule has 0 aromatic rings. The van der Waals surface area contributed by atoms with E-state index in [9.17, 15) is 9.59 Å². The first-order valence-corrected chi connectivity index (χ1v) is 7.80. The number of nitrogens with zero attached hydrogens (tertiary/aromatic N) is 2. The Kier molecular flexibility index (Phi) is 5.08. The van der Waals surface area contributed by atoms with E-state index in [0.717, 1.165) is 45.7 Å². The highest BCUT2D eigenvalue weighted by molar-refractivity contribution is 5.78. The fourth-order valence-electron chi connectivity index (χ4n) is 2.71. The zero-order valence-electron chi connectivity index (χ0n) is 13.4. The number of hydrogen-bond donors (Lipinski definition) is 1. The van der Waals surface area contributed by atoms with Crippen LogP contribution in [-0.4, -0.2) is 66.7 Å². The monoisotopic (exact) mass is 297 g/mol. The van der Waals surface area contributed by atoms with Crippen LogP contribution in [0.3, 0.4) is 0 Å². The molecule has 2 fully saturated rings. The average molecular weight is 297 g/mol. The molecule has 0 radical (unpaired) electrons. The van der Waals surface area contributed by atoms with Crippen molar-refractivity contribution in [3.63, 3.8) is 0 Å². The maximum absolute atomic E-state index is 12.0. The summed E-state index contributed by atoms with van der Waals surface area (Å²) < 4.78 is 5.39. The van der Waals surface area contributed by atoms with Crippen molar-refractivity contribution in [3.05, 3.63) is 0 Å². The molecule has 0 bridgehead atoms. The van der Waals surface area contributed by atoms with Crippen LogP contribution in [0.5, 0.6) is 0 Å². The first kappa shape index (κ1) is 16.1. The van der Waals surface area contributed by atoms with Crippen LogP contribution in [0.25, 0.3) is 0 Å². The molecule has 0 aliphatic carbocycles. The second kappa shape index (κ2) is 6.64. The molecule has 21 heavy (non-hydrogen) atoms. The Labute approximate surface area is 126 Å². The lowest BCUT2D eigenvalue weighted by Gasteiger charge is -2.35. The van der Waals surface area contributed by atoms with E-state index >= 15 is 0 Å². The third kappa shape index (κ3) is 5.19. The van der Waals surface area contributed by atoms with E-state index in [-0.39, 0.29) is 12.0 Å². The summed E-state index contributed by atoms with van der Waals surface area (Å²) in [6, 6.07) is 0. The summed E-state index contributed by atoms with van der Waals surface area (Å²) in [6.45, 7) is 10.7. The van der Waals surface area contributed by atoms with Gasteiger partial charge in [0.05, 0.1) is 0 Å². The topological polar surface area (TPSA) is 61.9 Å². The number of rotatable bonds is 3. The normalized spacial score (nSPS) is 24.0. The minimum absolute atomic E-state index is 0.176. The van der Waals surface area contributed by atoms with Gasteiger partial charge in [0.1, 0.15) is 5.60 Å². The Bertz CT molecular complexity index is 384. The van der Waals surface area contributed by atoms with Crippen LogP contribution in [-0.2, 0) is 9.53 Å². The van der Waals surface area contributed by atoms with Gasteiger partial charge in [-0.1, -0.05) is 0 Å². The summed E-state index contributed by atoms with van der Waals surface area (Å²) in [5.41, 5.74) is -0.434. The predicted molar refractivity (Wildman–Crippen MR) is 80.0 cm³/mol. The van der Waals surface area contributed by atoms with Gasteiger partial charge in [0.15, 0.2) is 0 Å². The van der Waals surface area contributed by atoms with Crippen molar-refractivity contribution >= 4 is 12.0 Å². The highest BCUT2D eigenvalue weighted by Crippen LogP contribution is 2.16. The first-order chi connectivity index (χ1) is 9.83. The Hall–Kier alpha value is -1.30. The van der Waals surface area contributed by atoms with Gasteiger partial charge < -0.3 is 15.0 Å². The van der Waals surface area contributed by atoms with Crippen molar-refractivity contribution in [3.8, 4) is 0 Å². The molecule has 0 aromatic heterocycles. The van der Waals surface area contributed by atoms with Crippen LogP contribution in [0.15, 0.2) is 0 Å². The third-order valence-electron chi connectivity index (χ3n) is 3.94. The summed E-state index contributed by atoms with van der Waals surface area (Å²) in [6.07, 6.45) is 1.50. The van der Waals surface area contributed by atoms with Crippen LogP contribution in [0.1, 0.15) is 33.6 Å². The quantitative estimate of drug-likeness (QED) is 0.846. The van der Waals surface area contributed by atoms with Gasteiger partial charge in [0.2, 0.25) is 5.91 Å². The van der Waals surface area contributed by atoms with Gasteiger partial charge in [-0.2, -0.15) is 0 Å². The molecule has 6 heteroatoms. The van der Waals surface area contributed by atoms with Crippen LogP contribution >= 0.6 is 0 Å². The van der Waals surface area contributed by atoms with Crippen molar-refractivity contribution < 1.29 is 14.3 Å². The van der Waals surface area contributed by atoms with Crippen LogP contribution in [0, 0.1) is 5.92 Å². The Balaban J connectivity index is 1.66. The molecular formula is C15H27N3O3. The fraction of sp³-hybridized carbons (Fsp3) is 0.867. The smallest absolute Gasteiger partial charge is 0.410 e. The van der Waals surface area contributed by atoms with Crippen molar-refractivity contribution in [2.75, 3.05) is 39.3 Å². The van der Waals surface area contributed by atoms with Gasteiger partial charge in [0, 0.05) is 39.1 Å². The molecule has 2 amide bonds. The maximum Gasteiger partial charge on any atom is 0.410 e. The molecule has 2 saturated heterocycles. The van der Waals surface area contributed by atoms with Crippen molar-refractivity contribution in [1.82, 2.24) is 15.1 Å². The maximum atomic E-state index is 12.0. The lowest BCUT2D eigenvalue weighted by molar-refractivity contribution is -0.119. The summed E-state index contributed by atoms with van der Waals surface area (Å²) in [7, 11) is 0.